The van der Waals surface area contributed by atoms with Crippen LogP contribution in [-0.4, -0.2) is 0 Å². The lowest BCUT2D eigenvalue weighted by Crippen LogP contribution is -2.10. The average molecular weight is 628 g/mol. The molecule has 0 fully saturated rings. The number of benzene rings is 8. The van der Waals surface area contributed by atoms with E-state index in [1.165, 1.54) is 33.0 Å². The molecule has 3 heteroatoms. The second-order valence-electron chi connectivity index (χ2n) is 12.5. The average Bonchev–Trinajstić information content (AvgIpc) is 3.74. The molecule has 0 saturated carbocycles. The Labute approximate surface area is 282 Å². The fraction of sp³-hybridized carbons (Fsp3) is 0. The van der Waals surface area contributed by atoms with Gasteiger partial charge in [0.25, 0.3) is 0 Å². The van der Waals surface area contributed by atoms with E-state index in [1.54, 1.807) is 0 Å². The van der Waals surface area contributed by atoms with Gasteiger partial charge in [-0.25, -0.2) is 0 Å². The molecule has 0 bridgehead atoms. The zero-order chi connectivity index (χ0) is 32.3. The number of furan rings is 2. The first-order valence-electron chi connectivity index (χ1n) is 16.6. The second kappa shape index (κ2) is 11.0. The Morgan fingerprint density at radius 2 is 0.918 bits per heavy atom. The van der Waals surface area contributed by atoms with Gasteiger partial charge in [0.1, 0.15) is 22.3 Å². The molecule has 2 heterocycles. The summed E-state index contributed by atoms with van der Waals surface area (Å²) >= 11 is 0. The first-order chi connectivity index (χ1) is 24.3. The van der Waals surface area contributed by atoms with Crippen LogP contribution >= 0.6 is 0 Å². The van der Waals surface area contributed by atoms with Gasteiger partial charge < -0.3 is 13.7 Å². The monoisotopic (exact) mass is 627 g/mol. The lowest BCUT2D eigenvalue weighted by Gasteiger charge is -2.26. The van der Waals surface area contributed by atoms with E-state index in [4.69, 9.17) is 8.83 Å². The number of anilines is 3. The van der Waals surface area contributed by atoms with Crippen molar-refractivity contribution < 1.29 is 8.83 Å². The largest absolute Gasteiger partial charge is 0.456 e. The lowest BCUT2D eigenvalue weighted by atomic mass is 9.95. The molecule has 0 amide bonds. The molecule has 0 unspecified atom stereocenters. The van der Waals surface area contributed by atoms with Crippen molar-refractivity contribution in [1.82, 2.24) is 0 Å². The van der Waals surface area contributed by atoms with E-state index < -0.39 is 0 Å². The summed E-state index contributed by atoms with van der Waals surface area (Å²) < 4.78 is 13.1. The minimum atomic E-state index is 0.845. The zero-order valence-electron chi connectivity index (χ0n) is 26.5. The number of rotatable bonds is 5. The van der Waals surface area contributed by atoms with Gasteiger partial charge in [0.2, 0.25) is 0 Å². The Morgan fingerprint density at radius 1 is 0.327 bits per heavy atom. The van der Waals surface area contributed by atoms with Crippen LogP contribution in [0.5, 0.6) is 0 Å². The molecule has 0 spiro atoms. The van der Waals surface area contributed by atoms with Gasteiger partial charge >= 0.3 is 0 Å². The molecule has 0 aliphatic heterocycles. The van der Waals surface area contributed by atoms with Crippen molar-refractivity contribution in [2.24, 2.45) is 0 Å². The molecule has 49 heavy (non-hydrogen) atoms. The van der Waals surface area contributed by atoms with E-state index in [-0.39, 0.29) is 0 Å². The van der Waals surface area contributed by atoms with E-state index >= 15 is 0 Å². The van der Waals surface area contributed by atoms with Crippen LogP contribution in [-0.2, 0) is 0 Å². The molecule has 3 nitrogen and oxygen atoms in total. The van der Waals surface area contributed by atoms with Crippen molar-refractivity contribution in [2.75, 3.05) is 4.90 Å². The van der Waals surface area contributed by atoms with Gasteiger partial charge in [-0.15, -0.1) is 0 Å². The van der Waals surface area contributed by atoms with Crippen molar-refractivity contribution in [3.05, 3.63) is 176 Å². The number of para-hydroxylation sites is 1. The topological polar surface area (TPSA) is 29.5 Å². The summed E-state index contributed by atoms with van der Waals surface area (Å²) in [7, 11) is 0. The van der Waals surface area contributed by atoms with Crippen LogP contribution in [0.25, 0.3) is 76.9 Å². The van der Waals surface area contributed by atoms with Gasteiger partial charge in [-0.05, 0) is 81.6 Å². The molecule has 10 rings (SSSR count). The SMILES string of the molecule is c1ccc(-c2ccc(N(c3ccc4c(c3)oc3cc(-c5ccccc5)c5ccccc5c34)c3cccc4oc5ccccc5c34)cc2)cc1. The summed E-state index contributed by atoms with van der Waals surface area (Å²) in [5, 5.41) is 6.80. The first kappa shape index (κ1) is 27.5. The first-order valence-corrected chi connectivity index (χ1v) is 16.6. The van der Waals surface area contributed by atoms with Crippen LogP contribution in [0.2, 0.25) is 0 Å². The molecule has 0 aliphatic rings. The molecule has 0 saturated heterocycles. The summed E-state index contributed by atoms with van der Waals surface area (Å²) in [6.07, 6.45) is 0. The van der Waals surface area contributed by atoms with Gasteiger partial charge in [-0.3, -0.25) is 0 Å². The molecule has 230 valence electrons. The van der Waals surface area contributed by atoms with Crippen molar-refractivity contribution in [1.29, 1.82) is 0 Å². The molecular formula is C46H29NO2. The summed E-state index contributed by atoms with van der Waals surface area (Å²) in [5.41, 5.74) is 11.3. The highest BCUT2D eigenvalue weighted by molar-refractivity contribution is 6.22. The smallest absolute Gasteiger partial charge is 0.137 e. The standard InChI is InChI=1S/C46H29NO2/c1-3-12-30(13-4-1)31-22-24-33(25-23-31)47(40-19-11-21-42-46(40)37-18-9-10-20-41(37)48-42)34-26-27-38-43(28-34)49-44-29-39(32-14-5-2-6-15-32)35-16-7-8-17-36(35)45(38)44/h1-29H. The molecule has 0 radical (unpaired) electrons. The van der Waals surface area contributed by atoms with E-state index in [1.807, 2.05) is 18.2 Å². The molecule has 8 aromatic carbocycles. The molecule has 0 atom stereocenters. The Morgan fingerprint density at radius 3 is 1.71 bits per heavy atom. The third-order valence-electron chi connectivity index (χ3n) is 9.66. The van der Waals surface area contributed by atoms with Crippen LogP contribution in [0, 0.1) is 0 Å². The maximum atomic E-state index is 6.76. The minimum absolute atomic E-state index is 0.845. The number of nitrogens with zero attached hydrogens (tertiary/aromatic N) is 1. The fourth-order valence-corrected chi connectivity index (χ4v) is 7.43. The fourth-order valence-electron chi connectivity index (χ4n) is 7.43. The minimum Gasteiger partial charge on any atom is -0.456 e. The van der Waals surface area contributed by atoms with Crippen LogP contribution < -0.4 is 4.90 Å². The Balaban J connectivity index is 1.20. The molecule has 10 aromatic rings. The van der Waals surface area contributed by atoms with Crippen LogP contribution in [0.4, 0.5) is 17.1 Å². The highest BCUT2D eigenvalue weighted by Crippen LogP contribution is 2.46. The molecular weight excluding hydrogens is 599 g/mol. The highest BCUT2D eigenvalue weighted by Gasteiger charge is 2.21. The number of hydrogen-bond acceptors (Lipinski definition) is 3. The molecule has 2 aromatic heterocycles. The van der Waals surface area contributed by atoms with E-state index in [9.17, 15) is 0 Å². The van der Waals surface area contributed by atoms with Gasteiger partial charge in [-0.1, -0.05) is 121 Å². The Kier molecular flexibility index (Phi) is 6.18. The summed E-state index contributed by atoms with van der Waals surface area (Å²) in [6.45, 7) is 0. The Hall–Kier alpha value is -6.58. The lowest BCUT2D eigenvalue weighted by molar-refractivity contribution is 0.669. The zero-order valence-corrected chi connectivity index (χ0v) is 26.5. The van der Waals surface area contributed by atoms with Crippen molar-refractivity contribution in [3.8, 4) is 22.3 Å². The van der Waals surface area contributed by atoms with Crippen molar-refractivity contribution in [3.63, 3.8) is 0 Å². The van der Waals surface area contributed by atoms with Crippen LogP contribution in [0.3, 0.4) is 0 Å². The second-order valence-corrected chi connectivity index (χ2v) is 12.5. The quantitative estimate of drug-likeness (QED) is 0.190. The third-order valence-corrected chi connectivity index (χ3v) is 9.66. The summed E-state index contributed by atoms with van der Waals surface area (Å²) in [5.74, 6) is 0. The van der Waals surface area contributed by atoms with Gasteiger partial charge in [0.15, 0.2) is 0 Å². The van der Waals surface area contributed by atoms with Gasteiger partial charge in [0, 0.05) is 33.6 Å². The maximum absolute atomic E-state index is 6.76. The van der Waals surface area contributed by atoms with E-state index in [2.05, 4.69) is 163 Å². The Bertz CT molecular complexity index is 2810. The van der Waals surface area contributed by atoms with Crippen molar-refractivity contribution >= 4 is 71.7 Å². The van der Waals surface area contributed by atoms with Gasteiger partial charge in [-0.2, -0.15) is 0 Å². The predicted molar refractivity (Wildman–Crippen MR) is 204 cm³/mol. The highest BCUT2D eigenvalue weighted by atomic mass is 16.3. The van der Waals surface area contributed by atoms with E-state index in [0.717, 1.165) is 60.9 Å². The molecule has 0 N–H and O–H groups in total. The molecule has 0 aliphatic carbocycles. The normalized spacial score (nSPS) is 11.7. The third kappa shape index (κ3) is 4.44. The summed E-state index contributed by atoms with van der Waals surface area (Å²) in [6, 6.07) is 61.9. The predicted octanol–water partition coefficient (Wildman–Crippen LogP) is 13.4. The van der Waals surface area contributed by atoms with Crippen LogP contribution in [0.15, 0.2) is 185 Å². The maximum Gasteiger partial charge on any atom is 0.137 e. The summed E-state index contributed by atoms with van der Waals surface area (Å²) in [4.78, 5) is 2.32. The number of hydrogen-bond donors (Lipinski definition) is 0. The van der Waals surface area contributed by atoms with Crippen molar-refractivity contribution in [2.45, 2.75) is 0 Å². The van der Waals surface area contributed by atoms with Crippen LogP contribution in [0.1, 0.15) is 0 Å². The van der Waals surface area contributed by atoms with E-state index in [0.29, 0.717) is 0 Å². The number of fused-ring (bicyclic) bond motifs is 8. The van der Waals surface area contributed by atoms with Gasteiger partial charge in [0.05, 0.1) is 11.1 Å².